The first-order chi connectivity index (χ1) is 18.7. The van der Waals surface area contributed by atoms with Gasteiger partial charge in [0.25, 0.3) is 0 Å². The van der Waals surface area contributed by atoms with Gasteiger partial charge in [0.05, 0.1) is 51.0 Å². The Morgan fingerprint density at radius 3 is 2.82 bits per heavy atom. The molecule has 2 aromatic heterocycles. The summed E-state index contributed by atoms with van der Waals surface area (Å²) >= 11 is 3.21. The van der Waals surface area contributed by atoms with Crippen molar-refractivity contribution in [1.29, 1.82) is 0 Å². The van der Waals surface area contributed by atoms with Gasteiger partial charge in [-0.05, 0) is 51.1 Å². The lowest BCUT2D eigenvalue weighted by molar-refractivity contribution is 0.149. The number of likely N-dealkylation sites (tertiary alicyclic amines) is 1. The summed E-state index contributed by atoms with van der Waals surface area (Å²) in [5.41, 5.74) is 4.64. The quantitative estimate of drug-likeness (QED) is 0.200. The smallest absolute Gasteiger partial charge is 0.142 e. The topological polar surface area (TPSA) is 66.5 Å². The third kappa shape index (κ3) is 6.15. The number of benzene rings is 2. The van der Waals surface area contributed by atoms with Gasteiger partial charge in [-0.1, -0.05) is 24.0 Å². The molecule has 1 unspecified atom stereocenters. The largest absolute Gasteiger partial charge is 0.495 e. The molecule has 1 aliphatic heterocycles. The number of thiophene rings is 1. The fourth-order valence-electron chi connectivity index (χ4n) is 4.75. The summed E-state index contributed by atoms with van der Waals surface area (Å²) in [4.78, 5) is 8.34. The van der Waals surface area contributed by atoms with Crippen molar-refractivity contribution in [2.75, 3.05) is 57.8 Å². The summed E-state index contributed by atoms with van der Waals surface area (Å²) in [6.45, 7) is 5.22. The summed E-state index contributed by atoms with van der Waals surface area (Å²) in [6.07, 6.45) is 1.72. The third-order valence-electron chi connectivity index (χ3n) is 6.86. The van der Waals surface area contributed by atoms with Crippen LogP contribution in [0.5, 0.6) is 5.75 Å². The number of nitrogens with zero attached hydrogens (tertiary/aromatic N) is 2. The van der Waals surface area contributed by atoms with Crippen molar-refractivity contribution < 1.29 is 13.7 Å². The molecular weight excluding hydrogens is 550 g/mol. The van der Waals surface area contributed by atoms with E-state index >= 15 is 0 Å². The van der Waals surface area contributed by atoms with Crippen molar-refractivity contribution in [3.63, 3.8) is 0 Å². The van der Waals surface area contributed by atoms with E-state index in [2.05, 4.69) is 33.5 Å². The number of halogens is 1. The zero-order valence-corrected chi connectivity index (χ0v) is 25.0. The predicted molar refractivity (Wildman–Crippen MR) is 165 cm³/mol. The van der Waals surface area contributed by atoms with E-state index in [9.17, 15) is 8.96 Å². The number of hydrogen-bond acceptors (Lipinski definition) is 8. The lowest BCUT2D eigenvalue weighted by atomic mass is 10.0. The summed E-state index contributed by atoms with van der Waals surface area (Å²) in [5.74, 6) is 7.27. The van der Waals surface area contributed by atoms with Gasteiger partial charge >= 0.3 is 0 Å². The molecule has 0 aliphatic carbocycles. The zero-order chi connectivity index (χ0) is 27.6. The minimum Gasteiger partial charge on any atom is -0.495 e. The lowest BCUT2D eigenvalue weighted by Crippen LogP contribution is -2.46. The van der Waals surface area contributed by atoms with E-state index < -0.39 is 13.3 Å². The highest BCUT2D eigenvalue weighted by Crippen LogP contribution is 2.43. The molecule has 1 fully saturated rings. The molecule has 0 bridgehead atoms. The van der Waals surface area contributed by atoms with Crippen molar-refractivity contribution in [2.24, 2.45) is 0 Å². The van der Waals surface area contributed by atoms with Crippen molar-refractivity contribution in [1.82, 2.24) is 9.88 Å². The Kier molecular flexibility index (Phi) is 8.29. The average molecular weight is 583 g/mol. The fourth-order valence-corrected chi connectivity index (χ4v) is 7.53. The van der Waals surface area contributed by atoms with E-state index in [-0.39, 0.29) is 6.04 Å². The maximum absolute atomic E-state index is 14.8. The summed E-state index contributed by atoms with van der Waals surface area (Å²) in [5, 5.41) is 8.69. The second kappa shape index (κ2) is 11.7. The molecule has 0 saturated carbocycles. The number of aromatic nitrogens is 1. The molecule has 204 valence electrons. The van der Waals surface area contributed by atoms with Crippen molar-refractivity contribution >= 4 is 56.6 Å². The molecule has 10 heteroatoms. The second-order valence-electron chi connectivity index (χ2n) is 10.1. The number of rotatable bonds is 7. The number of piperidine rings is 1. The van der Waals surface area contributed by atoms with Crippen LogP contribution in [0.4, 0.5) is 15.8 Å². The minimum absolute atomic E-state index is 0.213. The summed E-state index contributed by atoms with van der Waals surface area (Å²) in [6, 6.07) is 11.5. The van der Waals surface area contributed by atoms with Crippen LogP contribution in [-0.2, 0) is 4.57 Å². The Balaban J connectivity index is 1.43. The first-order valence-corrected chi connectivity index (χ1v) is 17.0. The van der Waals surface area contributed by atoms with Gasteiger partial charge in [0.2, 0.25) is 0 Å². The van der Waals surface area contributed by atoms with Gasteiger partial charge in [0.15, 0.2) is 0 Å². The van der Waals surface area contributed by atoms with Crippen LogP contribution in [0.15, 0.2) is 48.1 Å². The number of hydrogen-bond donors (Lipinski definition) is 2. The maximum atomic E-state index is 14.8. The molecule has 4 aromatic rings. The molecule has 0 radical (unpaired) electrons. The van der Waals surface area contributed by atoms with E-state index in [0.29, 0.717) is 18.8 Å². The van der Waals surface area contributed by atoms with Gasteiger partial charge in [0, 0.05) is 35.5 Å². The molecule has 3 heterocycles. The highest BCUT2D eigenvalue weighted by Gasteiger charge is 2.28. The van der Waals surface area contributed by atoms with Crippen LogP contribution in [0.3, 0.4) is 0 Å². The first-order valence-electron chi connectivity index (χ1n) is 12.7. The van der Waals surface area contributed by atoms with Crippen LogP contribution >= 0.6 is 29.8 Å². The molecule has 6 nitrogen and oxygen atoms in total. The zero-order valence-electron chi connectivity index (χ0n) is 22.5. The number of ether oxygens (including phenoxy) is 1. The van der Waals surface area contributed by atoms with Gasteiger partial charge in [0.1, 0.15) is 19.1 Å². The lowest BCUT2D eigenvalue weighted by Gasteiger charge is -2.33. The Bertz CT molecular complexity index is 1570. The normalized spacial score (nSPS) is 18.0. The van der Waals surface area contributed by atoms with Gasteiger partial charge in [-0.2, -0.15) is 0 Å². The molecule has 1 saturated heterocycles. The highest BCUT2D eigenvalue weighted by atomic mass is 32.1. The van der Waals surface area contributed by atoms with Crippen LogP contribution in [0.1, 0.15) is 11.3 Å². The Morgan fingerprint density at radius 2 is 2.10 bits per heavy atom. The Morgan fingerprint density at radius 1 is 1.26 bits per heavy atom. The predicted octanol–water partition coefficient (Wildman–Crippen LogP) is 6.20. The van der Waals surface area contributed by atoms with Gasteiger partial charge in [-0.15, -0.1) is 22.7 Å². The number of nitrogens with one attached hydrogen (secondary N) is 2. The van der Waals surface area contributed by atoms with Gasteiger partial charge in [-0.3, -0.25) is 4.98 Å². The van der Waals surface area contributed by atoms with Crippen LogP contribution < -0.4 is 20.7 Å². The second-order valence-corrected chi connectivity index (χ2v) is 15.2. The molecule has 39 heavy (non-hydrogen) atoms. The molecular formula is C29H32FN4O2PS2. The number of alkyl halides is 1. The Labute approximate surface area is 237 Å². The third-order valence-corrected chi connectivity index (χ3v) is 10.3. The number of methoxy groups -OCH3 is 1. The molecule has 5 rings (SSSR count). The summed E-state index contributed by atoms with van der Waals surface area (Å²) in [7, 11) is 1.18. The van der Waals surface area contributed by atoms with E-state index in [0.717, 1.165) is 55.0 Å². The number of anilines is 2. The average Bonchev–Trinajstić information content (AvgIpc) is 3.55. The summed E-state index contributed by atoms with van der Waals surface area (Å²) < 4.78 is 33.9. The molecule has 2 atom stereocenters. The van der Waals surface area contributed by atoms with Gasteiger partial charge in [-0.25, -0.2) is 4.39 Å². The van der Waals surface area contributed by atoms with Crippen LogP contribution in [0, 0.1) is 11.8 Å². The van der Waals surface area contributed by atoms with E-state index in [4.69, 9.17) is 4.74 Å². The number of fused-ring (bicyclic) bond motifs is 1. The van der Waals surface area contributed by atoms with Crippen LogP contribution in [0.25, 0.3) is 20.5 Å². The number of thiazole rings is 1. The minimum atomic E-state index is -2.38. The van der Waals surface area contributed by atoms with Crippen LogP contribution in [0.2, 0.25) is 0 Å². The highest BCUT2D eigenvalue weighted by molar-refractivity contribution is 7.70. The maximum Gasteiger partial charge on any atom is 0.142 e. The van der Waals surface area contributed by atoms with Crippen LogP contribution in [-0.4, -0.2) is 69.2 Å². The van der Waals surface area contributed by atoms with E-state index in [1.165, 1.54) is 0 Å². The van der Waals surface area contributed by atoms with E-state index in [1.807, 2.05) is 54.0 Å². The molecule has 2 aromatic carbocycles. The standard InChI is InChI=1S/C29H32FN4O2PS2/c1-34-14-12-22(21(30)17-34)33-24-8-5-7-20-28(27-16-31-18-38-27)26(39-29(20)24)9-6-13-32-23-11-10-19(37(3,4)35)15-25(23)36-2/h5,7-8,10-11,15-16,18,21-22,32-33H,12-14,17H2,1-4H3/t21-,22?/m0/s1. The Hall–Kier alpha value is -2.89. The fraction of sp³-hybridized carbons (Fsp3) is 0.345. The molecule has 0 spiro atoms. The molecule has 2 N–H and O–H groups in total. The molecule has 0 amide bonds. The monoisotopic (exact) mass is 582 g/mol. The van der Waals surface area contributed by atoms with Gasteiger partial charge < -0.3 is 24.8 Å². The SMILES string of the molecule is COc1cc(P(C)(C)=O)ccc1NCC#Cc1sc2c(NC3CCN(C)C[C@@H]3F)cccc2c1-c1cncs1. The van der Waals surface area contributed by atoms with Crippen molar-refractivity contribution in [2.45, 2.75) is 18.6 Å². The first kappa shape index (κ1) is 27.7. The molecule has 1 aliphatic rings. The van der Waals surface area contributed by atoms with Crippen molar-refractivity contribution in [3.05, 3.63) is 53.0 Å². The van der Waals surface area contributed by atoms with Crippen molar-refractivity contribution in [3.8, 4) is 28.0 Å². The van der Waals surface area contributed by atoms with E-state index in [1.54, 1.807) is 43.1 Å².